The van der Waals surface area contributed by atoms with Crippen LogP contribution in [0, 0.1) is 0 Å². The van der Waals surface area contributed by atoms with E-state index < -0.39 is 24.6 Å². The SMILES string of the molecule is CCOc1ccnc2c(-c3cnc(OCC(F)(F)C(F)(F)F)cn3)c(SCC)nn12. The molecule has 3 aromatic heterocycles. The molecule has 0 unspecified atom stereocenters. The van der Waals surface area contributed by atoms with Gasteiger partial charge < -0.3 is 9.47 Å². The minimum absolute atomic E-state index is 0.303. The molecule has 0 radical (unpaired) electrons. The standard InChI is InChI=1S/C17H16F5N5O2S/c1-3-28-12-5-6-23-14-13(15(30-4-2)26-27(12)14)10-7-25-11(8-24-10)29-9-16(18,19)17(20,21)22/h5-8H,3-4,9H2,1-2H3. The van der Waals surface area contributed by atoms with Gasteiger partial charge in [-0.2, -0.15) is 31.6 Å². The fourth-order valence-corrected chi connectivity index (χ4v) is 3.14. The van der Waals surface area contributed by atoms with Gasteiger partial charge in [-0.1, -0.05) is 6.92 Å². The topological polar surface area (TPSA) is 74.4 Å². The van der Waals surface area contributed by atoms with Crippen LogP contribution in [0.15, 0.2) is 29.7 Å². The minimum Gasteiger partial charge on any atom is -0.478 e. The molecule has 0 aliphatic rings. The van der Waals surface area contributed by atoms with Crippen molar-refractivity contribution in [3.05, 3.63) is 24.7 Å². The largest absolute Gasteiger partial charge is 0.478 e. The Morgan fingerprint density at radius 3 is 2.40 bits per heavy atom. The fraction of sp³-hybridized carbons (Fsp3) is 0.412. The number of aromatic nitrogens is 5. The highest BCUT2D eigenvalue weighted by Crippen LogP contribution is 2.36. The third kappa shape index (κ3) is 4.40. The number of rotatable bonds is 8. The lowest BCUT2D eigenvalue weighted by molar-refractivity contribution is -0.290. The molecule has 0 fully saturated rings. The number of thioether (sulfide) groups is 1. The molecule has 0 aliphatic heterocycles. The van der Waals surface area contributed by atoms with E-state index in [1.54, 1.807) is 6.07 Å². The molecule has 0 aliphatic carbocycles. The highest BCUT2D eigenvalue weighted by molar-refractivity contribution is 7.99. The van der Waals surface area contributed by atoms with Crippen LogP contribution >= 0.6 is 11.8 Å². The summed E-state index contributed by atoms with van der Waals surface area (Å²) in [6, 6.07) is 1.65. The Morgan fingerprint density at radius 2 is 1.80 bits per heavy atom. The first-order valence-electron chi connectivity index (χ1n) is 8.71. The monoisotopic (exact) mass is 449 g/mol. The average molecular weight is 449 g/mol. The van der Waals surface area contributed by atoms with Crippen molar-refractivity contribution < 1.29 is 31.4 Å². The number of ether oxygens (including phenoxy) is 2. The van der Waals surface area contributed by atoms with Gasteiger partial charge in [-0.05, 0) is 12.7 Å². The molecule has 0 amide bonds. The van der Waals surface area contributed by atoms with Crippen LogP contribution < -0.4 is 9.47 Å². The quantitative estimate of drug-likeness (QED) is 0.376. The maximum atomic E-state index is 13.0. The molecular formula is C17H16F5N5O2S. The Hall–Kier alpha value is -2.70. The molecule has 3 rings (SSSR count). The van der Waals surface area contributed by atoms with Crippen molar-refractivity contribution in [2.75, 3.05) is 19.0 Å². The lowest BCUT2D eigenvalue weighted by Crippen LogP contribution is -2.41. The first-order chi connectivity index (χ1) is 14.2. The summed E-state index contributed by atoms with van der Waals surface area (Å²) in [5.74, 6) is -4.30. The molecule has 13 heteroatoms. The molecule has 30 heavy (non-hydrogen) atoms. The van der Waals surface area contributed by atoms with Gasteiger partial charge in [0, 0.05) is 12.3 Å². The molecule has 0 spiro atoms. The number of fused-ring (bicyclic) bond motifs is 1. The third-order valence-corrected chi connectivity index (χ3v) is 4.57. The van der Waals surface area contributed by atoms with Gasteiger partial charge in [0.15, 0.2) is 12.3 Å². The van der Waals surface area contributed by atoms with E-state index in [1.165, 1.54) is 28.7 Å². The van der Waals surface area contributed by atoms with E-state index in [9.17, 15) is 22.0 Å². The molecule has 0 bridgehead atoms. The van der Waals surface area contributed by atoms with Gasteiger partial charge in [-0.15, -0.1) is 11.8 Å². The molecule has 0 atom stereocenters. The Balaban J connectivity index is 1.92. The van der Waals surface area contributed by atoms with Gasteiger partial charge in [0.1, 0.15) is 5.03 Å². The molecule has 0 saturated heterocycles. The summed E-state index contributed by atoms with van der Waals surface area (Å²) >= 11 is 1.42. The molecule has 0 saturated carbocycles. The van der Waals surface area contributed by atoms with Crippen molar-refractivity contribution in [1.82, 2.24) is 24.6 Å². The van der Waals surface area contributed by atoms with Crippen molar-refractivity contribution in [3.8, 4) is 23.0 Å². The predicted octanol–water partition coefficient (Wildman–Crippen LogP) is 4.27. The van der Waals surface area contributed by atoms with Crippen molar-refractivity contribution in [2.24, 2.45) is 0 Å². The van der Waals surface area contributed by atoms with E-state index in [-0.39, 0.29) is 0 Å². The second kappa shape index (κ2) is 8.58. The van der Waals surface area contributed by atoms with Crippen LogP contribution in [0.25, 0.3) is 16.9 Å². The minimum atomic E-state index is -5.71. The summed E-state index contributed by atoms with van der Waals surface area (Å²) in [7, 11) is 0. The van der Waals surface area contributed by atoms with Crippen LogP contribution in [-0.4, -0.2) is 55.6 Å². The first-order valence-corrected chi connectivity index (χ1v) is 9.69. The van der Waals surface area contributed by atoms with Crippen LogP contribution in [0.4, 0.5) is 22.0 Å². The summed E-state index contributed by atoms with van der Waals surface area (Å²) in [5.41, 5.74) is 1.27. The second-order valence-corrected chi connectivity index (χ2v) is 7.05. The molecule has 0 N–H and O–H groups in total. The van der Waals surface area contributed by atoms with E-state index in [0.717, 1.165) is 6.20 Å². The zero-order chi connectivity index (χ0) is 21.9. The van der Waals surface area contributed by atoms with Gasteiger partial charge in [0.25, 0.3) is 0 Å². The number of alkyl halides is 5. The third-order valence-electron chi connectivity index (χ3n) is 3.73. The van der Waals surface area contributed by atoms with E-state index >= 15 is 0 Å². The van der Waals surface area contributed by atoms with E-state index in [4.69, 9.17) is 4.74 Å². The van der Waals surface area contributed by atoms with Gasteiger partial charge >= 0.3 is 12.1 Å². The summed E-state index contributed by atoms with van der Waals surface area (Å²) in [4.78, 5) is 12.2. The maximum Gasteiger partial charge on any atom is 0.456 e. The molecule has 162 valence electrons. The van der Waals surface area contributed by atoms with Crippen LogP contribution in [0.1, 0.15) is 13.8 Å². The Labute approximate surface area is 171 Å². The number of halogens is 5. The summed E-state index contributed by atoms with van der Waals surface area (Å²) < 4.78 is 74.3. The zero-order valence-electron chi connectivity index (χ0n) is 15.8. The fourth-order valence-electron chi connectivity index (χ4n) is 2.39. The van der Waals surface area contributed by atoms with Crippen molar-refractivity contribution >= 4 is 17.4 Å². The van der Waals surface area contributed by atoms with Crippen molar-refractivity contribution in [2.45, 2.75) is 31.0 Å². The average Bonchev–Trinajstić information content (AvgIpc) is 3.06. The van der Waals surface area contributed by atoms with E-state index in [2.05, 4.69) is 24.8 Å². The van der Waals surface area contributed by atoms with Gasteiger partial charge in [0.2, 0.25) is 11.8 Å². The number of hydrogen-bond acceptors (Lipinski definition) is 7. The Morgan fingerprint density at radius 1 is 1.03 bits per heavy atom. The van der Waals surface area contributed by atoms with Crippen LogP contribution in [0.2, 0.25) is 0 Å². The zero-order valence-corrected chi connectivity index (χ0v) is 16.6. The van der Waals surface area contributed by atoms with Gasteiger partial charge in [-0.3, -0.25) is 0 Å². The van der Waals surface area contributed by atoms with E-state index in [0.29, 0.717) is 40.2 Å². The van der Waals surface area contributed by atoms with Crippen LogP contribution in [-0.2, 0) is 0 Å². The van der Waals surface area contributed by atoms with Gasteiger partial charge in [-0.25, -0.2) is 15.0 Å². The van der Waals surface area contributed by atoms with Crippen LogP contribution in [0.3, 0.4) is 0 Å². The normalized spacial score (nSPS) is 12.4. The molecular weight excluding hydrogens is 433 g/mol. The summed E-state index contributed by atoms with van der Waals surface area (Å²) in [5, 5.41) is 5.07. The van der Waals surface area contributed by atoms with Crippen molar-refractivity contribution in [1.29, 1.82) is 0 Å². The second-order valence-electron chi connectivity index (χ2n) is 5.80. The predicted molar refractivity (Wildman–Crippen MR) is 98.1 cm³/mol. The van der Waals surface area contributed by atoms with Crippen molar-refractivity contribution in [3.63, 3.8) is 0 Å². The van der Waals surface area contributed by atoms with Crippen LogP contribution in [0.5, 0.6) is 11.8 Å². The Bertz CT molecular complexity index is 1010. The highest BCUT2D eigenvalue weighted by atomic mass is 32.2. The molecule has 0 aromatic carbocycles. The molecule has 3 heterocycles. The lowest BCUT2D eigenvalue weighted by atomic mass is 10.2. The number of nitrogens with zero attached hydrogens (tertiary/aromatic N) is 5. The number of hydrogen-bond donors (Lipinski definition) is 0. The highest BCUT2D eigenvalue weighted by Gasteiger charge is 2.58. The Kier molecular flexibility index (Phi) is 6.29. The summed E-state index contributed by atoms with van der Waals surface area (Å²) in [6.07, 6.45) is -2.01. The molecule has 3 aromatic rings. The van der Waals surface area contributed by atoms with E-state index in [1.807, 2.05) is 13.8 Å². The molecule has 7 nitrogen and oxygen atoms in total. The maximum absolute atomic E-state index is 13.0. The smallest absolute Gasteiger partial charge is 0.456 e. The first kappa shape index (κ1) is 22.0. The lowest BCUT2D eigenvalue weighted by Gasteiger charge is -2.19. The summed E-state index contributed by atoms with van der Waals surface area (Å²) in [6.45, 7) is 2.28. The van der Waals surface area contributed by atoms with Gasteiger partial charge in [0.05, 0.1) is 30.3 Å².